The van der Waals surface area contributed by atoms with E-state index in [1.165, 1.54) is 0 Å². The van der Waals surface area contributed by atoms with Gasteiger partial charge in [0.05, 0.1) is 17.3 Å². The van der Waals surface area contributed by atoms with Crippen LogP contribution in [0.4, 0.5) is 5.69 Å². The van der Waals surface area contributed by atoms with Gasteiger partial charge in [0.15, 0.2) is 5.82 Å². The lowest BCUT2D eigenvalue weighted by Crippen LogP contribution is -2.49. The van der Waals surface area contributed by atoms with E-state index in [-0.39, 0.29) is 23.4 Å². The highest BCUT2D eigenvalue weighted by atomic mass is 16.3. The largest absolute Gasteiger partial charge is 0.456 e. The Morgan fingerprint density at radius 1 is 0.771 bits per heavy atom. The van der Waals surface area contributed by atoms with E-state index >= 15 is 0 Å². The standard InChI is InChI=1S/C64H55N5O/c1-44(35-36-45(2)69(51-29-15-7-16-30-51)64(3)39-21-8-22-40-64)52-31-17-19-33-57(52)65-60-55(46-23-9-4-10-24-46)41-50(42-56(60)47-25-11-5-12-26-47)63-67-61(48-27-13-6-14-28-48)66-62(68-63)49-37-38-54-53-32-18-20-34-58(53)70-59(54)43-49/h4-5,7-11,13,15-25,27,29,31-39,41,43,48,50-51,65H,1-2,6,14,28,30,40,42H2,3H3/b36-35-. The summed E-state index contributed by atoms with van der Waals surface area (Å²) >= 11 is 0. The van der Waals surface area contributed by atoms with Crippen LogP contribution in [0.1, 0.15) is 85.6 Å². The Morgan fingerprint density at radius 3 is 2.39 bits per heavy atom. The van der Waals surface area contributed by atoms with E-state index in [1.807, 2.05) is 30.3 Å². The lowest BCUT2D eigenvalue weighted by molar-refractivity contribution is 0.167. The second-order valence-electron chi connectivity index (χ2n) is 18.8. The van der Waals surface area contributed by atoms with Gasteiger partial charge in [0, 0.05) is 56.3 Å². The van der Waals surface area contributed by atoms with Crippen LogP contribution in [0.5, 0.6) is 0 Å². The highest BCUT2D eigenvalue weighted by Gasteiger charge is 2.34. The third-order valence-electron chi connectivity index (χ3n) is 14.0. The van der Waals surface area contributed by atoms with E-state index in [2.05, 4.69) is 206 Å². The minimum absolute atomic E-state index is 0.0964. The van der Waals surface area contributed by atoms with Crippen LogP contribution in [0.15, 0.2) is 223 Å². The van der Waals surface area contributed by atoms with E-state index < -0.39 is 0 Å². The molecule has 0 radical (unpaired) electrons. The maximum atomic E-state index is 6.37. The zero-order chi connectivity index (χ0) is 47.4. The van der Waals surface area contributed by atoms with E-state index in [4.69, 9.17) is 19.4 Å². The fourth-order valence-corrected chi connectivity index (χ4v) is 10.5. The minimum Gasteiger partial charge on any atom is -0.456 e. The normalized spacial score (nSPS) is 20.8. The van der Waals surface area contributed by atoms with Gasteiger partial charge in [-0.15, -0.1) is 0 Å². The predicted molar refractivity (Wildman–Crippen MR) is 288 cm³/mol. The molecule has 5 aromatic carbocycles. The number of nitrogens with one attached hydrogen (secondary N) is 1. The molecule has 6 heteroatoms. The number of furan rings is 1. The maximum absolute atomic E-state index is 6.37. The van der Waals surface area contributed by atoms with Crippen LogP contribution in [-0.2, 0) is 0 Å². The third-order valence-corrected chi connectivity index (χ3v) is 14.0. The molecule has 2 aromatic heterocycles. The SMILES string of the molecule is C=C(/C=C\C(=C)N(C1C=CC=CC1)C1(C)C=CC=CC1)c1ccccc1NC1=C(c2c#cccc2)CC(c2nc(-c3ccc4c(c3)oc3ccccc34)nc(C3C=CCCC3)n2)C=C1c1ccccc1. The molecule has 4 aliphatic rings. The molecule has 11 rings (SSSR count). The average Bonchev–Trinajstić information content (AvgIpc) is 3.79. The summed E-state index contributed by atoms with van der Waals surface area (Å²) in [5.41, 5.74) is 11.2. The van der Waals surface area contributed by atoms with Crippen LogP contribution in [0, 0.1) is 12.1 Å². The molecule has 2 heterocycles. The monoisotopic (exact) mass is 909 g/mol. The van der Waals surface area contributed by atoms with Crippen molar-refractivity contribution in [3.05, 3.63) is 259 Å². The topological polar surface area (TPSA) is 67.1 Å². The molecule has 4 unspecified atom stereocenters. The highest BCUT2D eigenvalue weighted by Crippen LogP contribution is 2.45. The first-order chi connectivity index (χ1) is 34.4. The van der Waals surface area contributed by atoms with Crippen LogP contribution in [-0.4, -0.2) is 31.4 Å². The van der Waals surface area contributed by atoms with Crippen molar-refractivity contribution in [2.75, 3.05) is 5.32 Å². The number of benzene rings is 4. The smallest absolute Gasteiger partial charge is 0.163 e. The Morgan fingerprint density at radius 2 is 1.59 bits per heavy atom. The Balaban J connectivity index is 0.982. The van der Waals surface area contributed by atoms with Gasteiger partial charge in [-0.05, 0) is 105 Å². The van der Waals surface area contributed by atoms with Gasteiger partial charge in [-0.2, -0.15) is 0 Å². The molecule has 1 N–H and O–H groups in total. The lowest BCUT2D eigenvalue weighted by Gasteiger charge is -2.46. The van der Waals surface area contributed by atoms with Crippen LogP contribution < -0.4 is 5.32 Å². The summed E-state index contributed by atoms with van der Waals surface area (Å²) in [5.74, 6) is 2.07. The molecule has 7 aromatic rings. The third kappa shape index (κ3) is 8.95. The molecule has 0 amide bonds. The molecule has 4 atom stereocenters. The van der Waals surface area contributed by atoms with Crippen molar-refractivity contribution >= 4 is 44.3 Å². The maximum Gasteiger partial charge on any atom is 0.163 e. The summed E-state index contributed by atoms with van der Waals surface area (Å²) in [6, 6.07) is 46.5. The zero-order valence-electron chi connectivity index (χ0n) is 39.6. The number of aromatic nitrogens is 3. The minimum atomic E-state index is -0.216. The number of hydrogen-bond donors (Lipinski definition) is 1. The zero-order valence-corrected chi connectivity index (χ0v) is 39.6. The van der Waals surface area contributed by atoms with Crippen molar-refractivity contribution in [3.8, 4) is 11.4 Å². The molecule has 342 valence electrons. The Labute approximate surface area is 411 Å². The average molecular weight is 910 g/mol. The molecular weight excluding hydrogens is 855 g/mol. The van der Waals surface area contributed by atoms with Gasteiger partial charge in [-0.3, -0.25) is 0 Å². The first kappa shape index (κ1) is 44.2. The van der Waals surface area contributed by atoms with E-state index in [0.29, 0.717) is 12.2 Å². The first-order valence-corrected chi connectivity index (χ1v) is 24.5. The summed E-state index contributed by atoms with van der Waals surface area (Å²) in [4.78, 5) is 18.4. The van der Waals surface area contributed by atoms with Crippen LogP contribution in [0.2, 0.25) is 0 Å². The number of allylic oxidation sites excluding steroid dienone is 12. The van der Waals surface area contributed by atoms with Gasteiger partial charge < -0.3 is 14.6 Å². The van der Waals surface area contributed by atoms with Gasteiger partial charge in [0.1, 0.15) is 22.8 Å². The summed E-state index contributed by atoms with van der Waals surface area (Å²) in [5, 5.41) is 6.15. The van der Waals surface area contributed by atoms with Crippen LogP contribution in [0.25, 0.3) is 50.0 Å². The fraction of sp³-hybridized carbons (Fsp3) is 0.172. The van der Waals surface area contributed by atoms with Gasteiger partial charge in [0.25, 0.3) is 0 Å². The number of hydrogen-bond acceptors (Lipinski definition) is 6. The number of para-hydroxylation sites is 2. The quantitative estimate of drug-likeness (QED) is 0.0918. The van der Waals surface area contributed by atoms with Crippen molar-refractivity contribution in [1.82, 2.24) is 19.9 Å². The number of rotatable bonds is 13. The second-order valence-corrected chi connectivity index (χ2v) is 18.8. The van der Waals surface area contributed by atoms with Gasteiger partial charge in [-0.25, -0.2) is 15.0 Å². The van der Waals surface area contributed by atoms with Crippen LogP contribution >= 0.6 is 0 Å². The predicted octanol–water partition coefficient (Wildman–Crippen LogP) is 15.5. The first-order valence-electron chi connectivity index (χ1n) is 24.5. The molecule has 0 fully saturated rings. The summed E-state index contributed by atoms with van der Waals surface area (Å²) in [7, 11) is 0. The number of anilines is 1. The second kappa shape index (κ2) is 19.4. The lowest BCUT2D eigenvalue weighted by atomic mass is 9.81. The Bertz CT molecular complexity index is 3380. The van der Waals surface area contributed by atoms with Crippen molar-refractivity contribution in [2.45, 2.75) is 68.9 Å². The Kier molecular flexibility index (Phi) is 12.3. The van der Waals surface area contributed by atoms with Gasteiger partial charge in [0.2, 0.25) is 0 Å². The summed E-state index contributed by atoms with van der Waals surface area (Å²) < 4.78 is 6.37. The van der Waals surface area contributed by atoms with Crippen LogP contribution in [0.3, 0.4) is 0 Å². The van der Waals surface area contributed by atoms with Gasteiger partial charge >= 0.3 is 0 Å². The number of fused-ring (bicyclic) bond motifs is 3. The molecule has 0 saturated carbocycles. The number of nitrogens with zero attached hydrogens (tertiary/aromatic N) is 4. The molecule has 0 aliphatic heterocycles. The van der Waals surface area contributed by atoms with Crippen molar-refractivity contribution < 1.29 is 4.42 Å². The van der Waals surface area contributed by atoms with Crippen molar-refractivity contribution in [2.24, 2.45) is 0 Å². The van der Waals surface area contributed by atoms with Crippen molar-refractivity contribution in [1.29, 1.82) is 0 Å². The molecular formula is C64H55N5O. The molecule has 0 spiro atoms. The molecule has 6 nitrogen and oxygen atoms in total. The van der Waals surface area contributed by atoms with E-state index in [1.54, 1.807) is 0 Å². The molecule has 70 heavy (non-hydrogen) atoms. The molecule has 0 saturated heterocycles. The van der Waals surface area contributed by atoms with Crippen molar-refractivity contribution in [3.63, 3.8) is 0 Å². The Hall–Kier alpha value is -8.27. The van der Waals surface area contributed by atoms with E-state index in [0.717, 1.165) is 122 Å². The van der Waals surface area contributed by atoms with E-state index in [9.17, 15) is 0 Å². The fourth-order valence-electron chi connectivity index (χ4n) is 10.5. The summed E-state index contributed by atoms with van der Waals surface area (Å²) in [6.07, 6.45) is 34.3. The van der Waals surface area contributed by atoms with Gasteiger partial charge in [-0.1, -0.05) is 177 Å². The highest BCUT2D eigenvalue weighted by molar-refractivity contribution is 6.05. The molecule has 0 bridgehead atoms. The summed E-state index contributed by atoms with van der Waals surface area (Å²) in [6.45, 7) is 11.6. The molecule has 4 aliphatic carbocycles.